The van der Waals surface area contributed by atoms with Crippen LogP contribution in [0.1, 0.15) is 31.9 Å². The van der Waals surface area contributed by atoms with E-state index >= 15 is 0 Å². The Morgan fingerprint density at radius 2 is 2.38 bits per heavy atom. The van der Waals surface area contributed by atoms with E-state index < -0.39 is 0 Å². The van der Waals surface area contributed by atoms with Crippen LogP contribution < -0.4 is 5.32 Å². The summed E-state index contributed by atoms with van der Waals surface area (Å²) in [4.78, 5) is 14.4. The summed E-state index contributed by atoms with van der Waals surface area (Å²) in [6.45, 7) is 4.46. The fraction of sp³-hybridized carbons (Fsp3) is 0.562. The highest BCUT2D eigenvalue weighted by atomic mass is 32.2. The second-order valence-corrected chi connectivity index (χ2v) is 8.08. The van der Waals surface area contributed by atoms with E-state index in [0.717, 1.165) is 40.7 Å². The lowest BCUT2D eigenvalue weighted by Crippen LogP contribution is -2.34. The van der Waals surface area contributed by atoms with Gasteiger partial charge >= 0.3 is 0 Å². The zero-order valence-corrected chi connectivity index (χ0v) is 15.4. The third-order valence-corrected chi connectivity index (χ3v) is 5.74. The number of nitrogens with zero attached hydrogens (tertiary/aromatic N) is 3. The number of hydrogen-bond acceptors (Lipinski definition) is 7. The molecule has 0 atom stereocenters. The minimum absolute atomic E-state index is 0.203. The summed E-state index contributed by atoms with van der Waals surface area (Å²) in [7, 11) is 0. The maximum absolute atomic E-state index is 12.4. The second kappa shape index (κ2) is 8.53. The Kier molecular flexibility index (Phi) is 6.14. The molecule has 0 unspecified atom stereocenters. The zero-order chi connectivity index (χ0) is 16.8. The first-order valence-electron chi connectivity index (χ1n) is 8.25. The molecule has 0 radical (unpaired) electrons. The van der Waals surface area contributed by atoms with E-state index in [0.29, 0.717) is 12.3 Å². The molecular weight excluding hydrogens is 344 g/mol. The lowest BCUT2D eigenvalue weighted by atomic mass is 10.3. The number of thioether (sulfide) groups is 1. The Morgan fingerprint density at radius 1 is 1.50 bits per heavy atom. The van der Waals surface area contributed by atoms with Gasteiger partial charge in [0.15, 0.2) is 4.34 Å². The molecule has 6 nitrogen and oxygen atoms in total. The Hall–Kier alpha value is -1.54. The van der Waals surface area contributed by atoms with Crippen molar-refractivity contribution in [2.75, 3.05) is 24.2 Å². The summed E-state index contributed by atoms with van der Waals surface area (Å²) in [5.41, 5.74) is 0. The van der Waals surface area contributed by atoms with Crippen molar-refractivity contribution in [3.63, 3.8) is 0 Å². The molecule has 2 aromatic rings. The number of carbonyl (C=O) groups is 1. The topological polar surface area (TPSA) is 71.3 Å². The predicted octanol–water partition coefficient (Wildman–Crippen LogP) is 3.48. The van der Waals surface area contributed by atoms with Gasteiger partial charge in [0.1, 0.15) is 5.76 Å². The molecule has 130 valence electrons. The number of rotatable bonds is 10. The Morgan fingerprint density at radius 3 is 3.08 bits per heavy atom. The van der Waals surface area contributed by atoms with Crippen LogP contribution in [0.5, 0.6) is 0 Å². The summed E-state index contributed by atoms with van der Waals surface area (Å²) in [5, 5.41) is 12.2. The van der Waals surface area contributed by atoms with Gasteiger partial charge in [-0.2, -0.15) is 0 Å². The van der Waals surface area contributed by atoms with Crippen LogP contribution in [0, 0.1) is 5.92 Å². The zero-order valence-electron chi connectivity index (χ0n) is 13.7. The first-order valence-corrected chi connectivity index (χ1v) is 10.0. The first kappa shape index (κ1) is 17.3. The summed E-state index contributed by atoms with van der Waals surface area (Å²) < 4.78 is 6.08. The Labute approximate surface area is 150 Å². The van der Waals surface area contributed by atoms with Crippen molar-refractivity contribution in [1.82, 2.24) is 15.1 Å². The third kappa shape index (κ3) is 5.24. The molecule has 0 aliphatic heterocycles. The molecule has 0 spiro atoms. The lowest BCUT2D eigenvalue weighted by Gasteiger charge is -2.21. The largest absolute Gasteiger partial charge is 0.467 e. The highest BCUT2D eigenvalue weighted by Crippen LogP contribution is 2.30. The molecule has 1 aliphatic rings. The number of carbonyl (C=O) groups excluding carboxylic acids is 1. The second-order valence-electron chi connectivity index (χ2n) is 5.88. The van der Waals surface area contributed by atoms with Crippen LogP contribution >= 0.6 is 23.1 Å². The van der Waals surface area contributed by atoms with Gasteiger partial charge in [0.25, 0.3) is 0 Å². The van der Waals surface area contributed by atoms with E-state index in [-0.39, 0.29) is 5.91 Å². The highest BCUT2D eigenvalue weighted by Gasteiger charge is 2.26. The first-order chi connectivity index (χ1) is 11.7. The summed E-state index contributed by atoms with van der Waals surface area (Å²) in [6.07, 6.45) is 5.18. The number of hydrogen-bond donors (Lipinski definition) is 1. The number of amides is 1. The number of nitrogens with one attached hydrogen (secondary N) is 1. The smallest absolute Gasteiger partial charge is 0.233 e. The van der Waals surface area contributed by atoms with E-state index in [9.17, 15) is 4.79 Å². The van der Waals surface area contributed by atoms with Gasteiger partial charge in [-0.3, -0.25) is 4.79 Å². The molecule has 2 aromatic heterocycles. The van der Waals surface area contributed by atoms with Gasteiger partial charge in [0.2, 0.25) is 11.0 Å². The molecule has 1 aliphatic carbocycles. The van der Waals surface area contributed by atoms with Gasteiger partial charge in [0, 0.05) is 13.1 Å². The average molecular weight is 367 g/mol. The molecule has 2 heterocycles. The van der Waals surface area contributed by atoms with Crippen LogP contribution in [0.3, 0.4) is 0 Å². The van der Waals surface area contributed by atoms with E-state index in [1.807, 2.05) is 17.0 Å². The minimum Gasteiger partial charge on any atom is -0.467 e. The molecule has 1 N–H and O–H groups in total. The molecule has 0 bridgehead atoms. The fourth-order valence-electron chi connectivity index (χ4n) is 2.33. The van der Waals surface area contributed by atoms with Crippen LogP contribution in [-0.2, 0) is 11.3 Å². The molecule has 3 rings (SSSR count). The van der Waals surface area contributed by atoms with Crippen LogP contribution in [0.15, 0.2) is 27.2 Å². The van der Waals surface area contributed by atoms with Crippen molar-refractivity contribution in [1.29, 1.82) is 0 Å². The molecule has 1 fully saturated rings. The van der Waals surface area contributed by atoms with Gasteiger partial charge in [0.05, 0.1) is 18.6 Å². The van der Waals surface area contributed by atoms with Gasteiger partial charge in [-0.15, -0.1) is 10.2 Å². The van der Waals surface area contributed by atoms with Crippen molar-refractivity contribution in [3.8, 4) is 0 Å². The maximum Gasteiger partial charge on any atom is 0.233 e. The predicted molar refractivity (Wildman–Crippen MR) is 96.3 cm³/mol. The summed E-state index contributed by atoms with van der Waals surface area (Å²) in [6, 6.07) is 3.76. The van der Waals surface area contributed by atoms with Crippen LogP contribution in [0.2, 0.25) is 0 Å². The van der Waals surface area contributed by atoms with Gasteiger partial charge in [-0.05, 0) is 37.3 Å². The molecule has 1 amide bonds. The number of furan rings is 1. The summed E-state index contributed by atoms with van der Waals surface area (Å²) >= 11 is 2.93. The van der Waals surface area contributed by atoms with Crippen molar-refractivity contribution < 1.29 is 9.21 Å². The molecule has 0 saturated heterocycles. The van der Waals surface area contributed by atoms with Crippen LogP contribution in [0.4, 0.5) is 5.13 Å². The monoisotopic (exact) mass is 366 g/mol. The van der Waals surface area contributed by atoms with Crippen LogP contribution in [-0.4, -0.2) is 39.8 Å². The Bertz CT molecular complexity index is 640. The van der Waals surface area contributed by atoms with E-state index in [1.165, 1.54) is 35.9 Å². The molecule has 24 heavy (non-hydrogen) atoms. The quantitative estimate of drug-likeness (QED) is 0.649. The number of anilines is 1. The minimum atomic E-state index is 0.203. The van der Waals surface area contributed by atoms with Crippen molar-refractivity contribution in [3.05, 3.63) is 24.2 Å². The average Bonchev–Trinajstić information content (AvgIpc) is 3.07. The molecular formula is C16H22N4O2S2. The van der Waals surface area contributed by atoms with Crippen molar-refractivity contribution >= 4 is 34.1 Å². The van der Waals surface area contributed by atoms with E-state index in [1.54, 1.807) is 6.26 Å². The van der Waals surface area contributed by atoms with Gasteiger partial charge in [-0.25, -0.2) is 0 Å². The SMILES string of the molecule is CCCN(CC1CC1)C(=O)CSc1nnc(NCc2ccco2)s1. The van der Waals surface area contributed by atoms with Crippen LogP contribution in [0.25, 0.3) is 0 Å². The molecule has 0 aromatic carbocycles. The van der Waals surface area contributed by atoms with Crippen molar-refractivity contribution in [2.24, 2.45) is 5.92 Å². The standard InChI is InChI=1S/C16H22N4O2S2/c1-2-7-20(10-12-5-6-12)14(21)11-23-16-19-18-15(24-16)17-9-13-4-3-8-22-13/h3-4,8,12H,2,5-7,9-11H2,1H3,(H,17,18). The normalized spacial score (nSPS) is 13.9. The van der Waals surface area contributed by atoms with Gasteiger partial charge in [-0.1, -0.05) is 30.0 Å². The molecule has 1 saturated carbocycles. The fourth-order valence-corrected chi connectivity index (χ4v) is 3.98. The van der Waals surface area contributed by atoms with Crippen molar-refractivity contribution in [2.45, 2.75) is 37.1 Å². The van der Waals surface area contributed by atoms with E-state index in [2.05, 4.69) is 22.4 Å². The maximum atomic E-state index is 12.4. The third-order valence-electron chi connectivity index (χ3n) is 3.74. The highest BCUT2D eigenvalue weighted by molar-refractivity contribution is 8.01. The number of aromatic nitrogens is 2. The molecule has 8 heteroatoms. The Balaban J connectivity index is 1.44. The lowest BCUT2D eigenvalue weighted by molar-refractivity contribution is -0.128. The van der Waals surface area contributed by atoms with Gasteiger partial charge < -0.3 is 14.6 Å². The van der Waals surface area contributed by atoms with E-state index in [4.69, 9.17) is 4.42 Å². The summed E-state index contributed by atoms with van der Waals surface area (Å²) in [5.74, 6) is 2.21.